The first-order valence-electron chi connectivity index (χ1n) is 12.2. The minimum Gasteiger partial charge on any atom is -0.352 e. The third kappa shape index (κ3) is 6.49. The Labute approximate surface area is 209 Å². The summed E-state index contributed by atoms with van der Waals surface area (Å²) in [5.41, 5.74) is 2.36. The number of nitrogens with zero attached hydrogens (tertiary/aromatic N) is 1. The molecule has 0 spiro atoms. The largest absolute Gasteiger partial charge is 0.352 e. The van der Waals surface area contributed by atoms with Crippen molar-refractivity contribution in [2.45, 2.75) is 64.4 Å². The van der Waals surface area contributed by atoms with Crippen LogP contribution in [0.4, 0.5) is 0 Å². The molecule has 7 nitrogen and oxygen atoms in total. The van der Waals surface area contributed by atoms with Gasteiger partial charge in [-0.3, -0.25) is 9.59 Å². The van der Waals surface area contributed by atoms with Crippen LogP contribution >= 0.6 is 0 Å². The average Bonchev–Trinajstić information content (AvgIpc) is 2.83. The first kappa shape index (κ1) is 26.9. The van der Waals surface area contributed by atoms with Gasteiger partial charge in [-0.1, -0.05) is 49.7 Å². The Bertz CT molecular complexity index is 1140. The van der Waals surface area contributed by atoms with E-state index < -0.39 is 16.1 Å². The second-order valence-electron chi connectivity index (χ2n) is 9.86. The maximum Gasteiger partial charge on any atom is 0.252 e. The van der Waals surface area contributed by atoms with Gasteiger partial charge in [-0.2, -0.15) is 4.31 Å². The maximum absolute atomic E-state index is 13.3. The Morgan fingerprint density at radius 2 is 1.51 bits per heavy atom. The number of nitrogens with one attached hydrogen (secondary N) is 2. The second-order valence-corrected chi connectivity index (χ2v) is 11.8. The highest BCUT2D eigenvalue weighted by atomic mass is 32.2. The van der Waals surface area contributed by atoms with Crippen molar-refractivity contribution in [3.8, 4) is 0 Å². The van der Waals surface area contributed by atoms with Crippen molar-refractivity contribution < 1.29 is 18.0 Å². The van der Waals surface area contributed by atoms with E-state index in [1.807, 2.05) is 46.8 Å². The summed E-state index contributed by atoms with van der Waals surface area (Å²) in [6.07, 6.45) is 0.959. The zero-order valence-electron chi connectivity index (χ0n) is 21.2. The first-order valence-corrected chi connectivity index (χ1v) is 13.7. The Kier molecular flexibility index (Phi) is 8.72. The van der Waals surface area contributed by atoms with E-state index in [0.29, 0.717) is 31.5 Å². The van der Waals surface area contributed by atoms with Gasteiger partial charge in [-0.25, -0.2) is 8.42 Å². The molecule has 0 aliphatic carbocycles. The number of aryl methyl sites for hydroxylation is 2. The van der Waals surface area contributed by atoms with Gasteiger partial charge in [0, 0.05) is 24.7 Å². The molecule has 1 aliphatic heterocycles. The number of carbonyl (C=O) groups is 2. The van der Waals surface area contributed by atoms with Crippen LogP contribution in [0.2, 0.25) is 0 Å². The summed E-state index contributed by atoms with van der Waals surface area (Å²) < 4.78 is 27.7. The summed E-state index contributed by atoms with van der Waals surface area (Å²) in [7, 11) is -3.60. The molecule has 190 valence electrons. The molecule has 0 unspecified atom stereocenters. The monoisotopic (exact) mass is 499 g/mol. The van der Waals surface area contributed by atoms with E-state index in [1.165, 1.54) is 4.31 Å². The molecule has 2 aromatic rings. The molecular formula is C27H37N3O4S. The van der Waals surface area contributed by atoms with Crippen molar-refractivity contribution in [1.82, 2.24) is 14.9 Å². The lowest BCUT2D eigenvalue weighted by molar-refractivity contribution is -0.125. The quantitative estimate of drug-likeness (QED) is 0.579. The molecule has 1 aliphatic rings. The van der Waals surface area contributed by atoms with Gasteiger partial charge in [0.05, 0.1) is 4.90 Å². The van der Waals surface area contributed by atoms with Crippen LogP contribution in [0.5, 0.6) is 0 Å². The first-order chi connectivity index (χ1) is 16.5. The Morgan fingerprint density at radius 1 is 0.914 bits per heavy atom. The number of sulfonamides is 1. The van der Waals surface area contributed by atoms with Crippen LogP contribution in [0.15, 0.2) is 53.4 Å². The number of amides is 2. The molecule has 0 aromatic heterocycles. The lowest BCUT2D eigenvalue weighted by Crippen LogP contribution is -2.55. The zero-order valence-corrected chi connectivity index (χ0v) is 22.1. The number of rotatable bonds is 8. The van der Waals surface area contributed by atoms with Gasteiger partial charge in [0.15, 0.2) is 0 Å². The van der Waals surface area contributed by atoms with Crippen LogP contribution in [0.25, 0.3) is 0 Å². The highest BCUT2D eigenvalue weighted by Crippen LogP contribution is 2.27. The van der Waals surface area contributed by atoms with Crippen molar-refractivity contribution in [2.24, 2.45) is 11.8 Å². The van der Waals surface area contributed by atoms with Gasteiger partial charge in [0.1, 0.15) is 6.04 Å². The SMILES string of the molecule is Cc1ccc(S(=O)(=O)N2CCC([C@H](NC(=O)c3ccccc3C)C(=O)N[C@H](C)C(C)C)CC2)cc1. The van der Waals surface area contributed by atoms with Crippen LogP contribution in [-0.4, -0.2) is 49.7 Å². The molecule has 0 radical (unpaired) electrons. The lowest BCUT2D eigenvalue weighted by Gasteiger charge is -2.36. The number of piperidine rings is 1. The van der Waals surface area contributed by atoms with Gasteiger partial charge in [0.2, 0.25) is 15.9 Å². The van der Waals surface area contributed by atoms with Crippen molar-refractivity contribution >= 4 is 21.8 Å². The van der Waals surface area contributed by atoms with Crippen molar-refractivity contribution in [3.63, 3.8) is 0 Å². The van der Waals surface area contributed by atoms with Crippen LogP contribution in [0.3, 0.4) is 0 Å². The fourth-order valence-electron chi connectivity index (χ4n) is 4.23. The minimum atomic E-state index is -3.60. The lowest BCUT2D eigenvalue weighted by atomic mass is 9.88. The van der Waals surface area contributed by atoms with Crippen LogP contribution < -0.4 is 10.6 Å². The smallest absolute Gasteiger partial charge is 0.252 e. The van der Waals surface area contributed by atoms with Gasteiger partial charge < -0.3 is 10.6 Å². The van der Waals surface area contributed by atoms with Crippen molar-refractivity contribution in [3.05, 3.63) is 65.2 Å². The van der Waals surface area contributed by atoms with Gasteiger partial charge in [-0.15, -0.1) is 0 Å². The molecule has 2 amide bonds. The van der Waals surface area contributed by atoms with E-state index >= 15 is 0 Å². The van der Waals surface area contributed by atoms with E-state index in [2.05, 4.69) is 10.6 Å². The van der Waals surface area contributed by atoms with Crippen LogP contribution in [-0.2, 0) is 14.8 Å². The molecule has 2 N–H and O–H groups in total. The topological polar surface area (TPSA) is 95.6 Å². The second kappa shape index (κ2) is 11.4. The average molecular weight is 500 g/mol. The van der Waals surface area contributed by atoms with E-state index in [9.17, 15) is 18.0 Å². The third-order valence-electron chi connectivity index (χ3n) is 6.96. The molecule has 35 heavy (non-hydrogen) atoms. The molecule has 8 heteroatoms. The molecule has 0 saturated carbocycles. The van der Waals surface area contributed by atoms with Gasteiger partial charge in [0.25, 0.3) is 5.91 Å². The fourth-order valence-corrected chi connectivity index (χ4v) is 5.70. The number of benzene rings is 2. The molecule has 0 bridgehead atoms. The predicted molar refractivity (Wildman–Crippen MR) is 138 cm³/mol. The molecule has 1 fully saturated rings. The van der Waals surface area contributed by atoms with E-state index in [0.717, 1.165) is 11.1 Å². The highest BCUT2D eigenvalue weighted by Gasteiger charge is 2.37. The molecule has 1 heterocycles. The summed E-state index contributed by atoms with van der Waals surface area (Å²) in [5, 5.41) is 6.00. The standard InChI is InChI=1S/C27H37N3O4S/c1-18(2)21(5)28-27(32)25(29-26(31)24-9-7-6-8-20(24)4)22-14-16-30(17-15-22)35(33,34)23-12-10-19(3)11-13-23/h6-13,18,21-22,25H,14-17H2,1-5H3,(H,28,32)(H,29,31)/t21-,25+/m1/s1. The molecule has 2 atom stereocenters. The number of hydrogen-bond acceptors (Lipinski definition) is 4. The maximum atomic E-state index is 13.3. The summed E-state index contributed by atoms with van der Waals surface area (Å²) in [5.74, 6) is -0.455. The van der Waals surface area contributed by atoms with E-state index in [4.69, 9.17) is 0 Å². The van der Waals surface area contributed by atoms with Crippen molar-refractivity contribution in [2.75, 3.05) is 13.1 Å². The summed E-state index contributed by atoms with van der Waals surface area (Å²) in [4.78, 5) is 26.6. The van der Waals surface area contributed by atoms with Crippen molar-refractivity contribution in [1.29, 1.82) is 0 Å². The Balaban J connectivity index is 1.76. The van der Waals surface area contributed by atoms with E-state index in [-0.39, 0.29) is 34.6 Å². The minimum absolute atomic E-state index is 0.0534. The normalized spacial score (nSPS) is 17.1. The summed E-state index contributed by atoms with van der Waals surface area (Å²) >= 11 is 0. The predicted octanol–water partition coefficient (Wildman–Crippen LogP) is 3.66. The Morgan fingerprint density at radius 3 is 2.09 bits per heavy atom. The summed E-state index contributed by atoms with van der Waals surface area (Å²) in [6.45, 7) is 10.4. The van der Waals surface area contributed by atoms with Crippen LogP contribution in [0, 0.1) is 25.7 Å². The van der Waals surface area contributed by atoms with Crippen LogP contribution in [0.1, 0.15) is 55.1 Å². The number of hydrogen-bond donors (Lipinski definition) is 2. The number of carbonyl (C=O) groups excluding carboxylic acids is 2. The van der Waals surface area contributed by atoms with Gasteiger partial charge in [-0.05, 0) is 69.2 Å². The van der Waals surface area contributed by atoms with Gasteiger partial charge >= 0.3 is 0 Å². The molecule has 1 saturated heterocycles. The Hall–Kier alpha value is -2.71. The highest BCUT2D eigenvalue weighted by molar-refractivity contribution is 7.89. The molecule has 3 rings (SSSR count). The third-order valence-corrected chi connectivity index (χ3v) is 8.87. The fraction of sp³-hybridized carbons (Fsp3) is 0.481. The summed E-state index contributed by atoms with van der Waals surface area (Å²) in [6, 6.07) is 13.3. The van der Waals surface area contributed by atoms with E-state index in [1.54, 1.807) is 36.4 Å². The molecular weight excluding hydrogens is 462 g/mol. The zero-order chi connectivity index (χ0) is 25.8. The molecule has 2 aromatic carbocycles.